The number of carbonyl (C=O) groups excluding carboxylic acids is 1. The average molecular weight is 403 g/mol. The number of benzene rings is 1. The van der Waals surface area contributed by atoms with Gasteiger partial charge in [-0.05, 0) is 25.5 Å². The van der Waals surface area contributed by atoms with E-state index in [4.69, 9.17) is 11.6 Å². The lowest BCUT2D eigenvalue weighted by atomic mass is 10.2. The van der Waals surface area contributed by atoms with Crippen LogP contribution in [0, 0.1) is 17.0 Å². The molecule has 28 heavy (non-hydrogen) atoms. The molecule has 10 nitrogen and oxygen atoms in total. The zero-order valence-electron chi connectivity index (χ0n) is 14.9. The van der Waals surface area contributed by atoms with Gasteiger partial charge in [-0.3, -0.25) is 24.7 Å². The van der Waals surface area contributed by atoms with Gasteiger partial charge in [0, 0.05) is 29.5 Å². The molecule has 1 aromatic carbocycles. The summed E-state index contributed by atoms with van der Waals surface area (Å²) in [5, 5.41) is 17.8. The normalized spacial score (nSPS) is 10.7. The number of rotatable bonds is 5. The molecule has 0 saturated carbocycles. The van der Waals surface area contributed by atoms with Gasteiger partial charge in [0.15, 0.2) is 0 Å². The Kier molecular flexibility index (Phi) is 5.23. The molecular weight excluding hydrogens is 388 g/mol. The first-order chi connectivity index (χ1) is 13.3. The number of nitrogens with one attached hydrogen (secondary N) is 2. The first-order valence-corrected chi connectivity index (χ1v) is 8.59. The molecule has 0 radical (unpaired) electrons. The van der Waals surface area contributed by atoms with E-state index in [0.717, 1.165) is 6.07 Å². The summed E-state index contributed by atoms with van der Waals surface area (Å²) in [6.07, 6.45) is 0.549. The number of nitro groups is 1. The van der Waals surface area contributed by atoms with E-state index in [-0.39, 0.29) is 33.6 Å². The van der Waals surface area contributed by atoms with Crippen molar-refractivity contribution in [3.63, 3.8) is 0 Å². The van der Waals surface area contributed by atoms with Crippen LogP contribution in [0.15, 0.2) is 35.1 Å². The first-order valence-electron chi connectivity index (χ1n) is 8.21. The highest BCUT2D eigenvalue weighted by Gasteiger charge is 2.18. The number of carbonyl (C=O) groups is 1. The molecule has 0 fully saturated rings. The van der Waals surface area contributed by atoms with Gasteiger partial charge in [-0.15, -0.1) is 0 Å². The predicted octanol–water partition coefficient (Wildman–Crippen LogP) is 2.64. The Morgan fingerprint density at radius 2 is 2.11 bits per heavy atom. The number of aromatic nitrogens is 4. The molecule has 0 aliphatic carbocycles. The van der Waals surface area contributed by atoms with E-state index in [9.17, 15) is 19.7 Å². The standard InChI is InChI=1S/C17H15ClN6O4/c1-3-11-8-15(25)21-17(19-11)23-14(6-9(2)22-23)20-16(26)10-4-5-12(18)13(7-10)24(27)28/h4-8H,3H2,1-2H3,(H,20,26)(H,19,21,25). The lowest BCUT2D eigenvalue weighted by molar-refractivity contribution is -0.384. The Labute approximate surface area is 163 Å². The molecule has 144 valence electrons. The number of halogens is 1. The second-order valence-electron chi connectivity index (χ2n) is 5.87. The Hall–Kier alpha value is -3.53. The average Bonchev–Trinajstić information content (AvgIpc) is 3.01. The van der Waals surface area contributed by atoms with Crippen LogP contribution in [-0.4, -0.2) is 30.6 Å². The summed E-state index contributed by atoms with van der Waals surface area (Å²) in [7, 11) is 0. The van der Waals surface area contributed by atoms with Gasteiger partial charge in [-0.2, -0.15) is 9.78 Å². The number of nitrogens with zero attached hydrogens (tertiary/aromatic N) is 4. The van der Waals surface area contributed by atoms with Gasteiger partial charge in [-0.25, -0.2) is 4.98 Å². The number of hydrogen-bond donors (Lipinski definition) is 2. The van der Waals surface area contributed by atoms with E-state index in [1.165, 1.54) is 22.9 Å². The molecule has 2 aromatic heterocycles. The highest BCUT2D eigenvalue weighted by Crippen LogP contribution is 2.25. The Morgan fingerprint density at radius 1 is 1.36 bits per heavy atom. The third-order valence-electron chi connectivity index (χ3n) is 3.82. The van der Waals surface area contributed by atoms with Crippen LogP contribution < -0.4 is 10.9 Å². The van der Waals surface area contributed by atoms with Gasteiger partial charge in [-0.1, -0.05) is 18.5 Å². The zero-order chi connectivity index (χ0) is 20.4. The Morgan fingerprint density at radius 3 is 2.79 bits per heavy atom. The lowest BCUT2D eigenvalue weighted by Crippen LogP contribution is -2.19. The molecule has 11 heteroatoms. The van der Waals surface area contributed by atoms with Crippen LogP contribution in [0.5, 0.6) is 0 Å². The fraction of sp³-hybridized carbons (Fsp3) is 0.176. The number of H-pyrrole nitrogens is 1. The summed E-state index contributed by atoms with van der Waals surface area (Å²) in [6, 6.07) is 6.70. The molecule has 0 aliphatic heterocycles. The molecular formula is C17H15ClN6O4. The smallest absolute Gasteiger partial charge is 0.288 e. The molecule has 0 bridgehead atoms. The summed E-state index contributed by atoms with van der Waals surface area (Å²) in [5.74, 6) is -0.207. The molecule has 0 unspecified atom stereocenters. The minimum Gasteiger partial charge on any atom is -0.306 e. The van der Waals surface area contributed by atoms with Crippen LogP contribution >= 0.6 is 11.6 Å². The van der Waals surface area contributed by atoms with Gasteiger partial charge >= 0.3 is 0 Å². The summed E-state index contributed by atoms with van der Waals surface area (Å²) >= 11 is 5.78. The third kappa shape index (κ3) is 3.91. The summed E-state index contributed by atoms with van der Waals surface area (Å²) in [5.41, 5.74) is 0.464. The number of amides is 1. The van der Waals surface area contributed by atoms with Gasteiger partial charge in [0.05, 0.1) is 10.6 Å². The molecule has 0 saturated heterocycles. The van der Waals surface area contributed by atoms with Gasteiger partial charge in [0.2, 0.25) is 5.95 Å². The summed E-state index contributed by atoms with van der Waals surface area (Å²) in [4.78, 5) is 41.6. The number of hydrogen-bond acceptors (Lipinski definition) is 6. The molecule has 0 spiro atoms. The van der Waals surface area contributed by atoms with Crippen LogP contribution in [0.3, 0.4) is 0 Å². The summed E-state index contributed by atoms with van der Waals surface area (Å²) < 4.78 is 1.29. The molecule has 0 atom stereocenters. The maximum Gasteiger partial charge on any atom is 0.288 e. The maximum atomic E-state index is 12.6. The van der Waals surface area contributed by atoms with Crippen LogP contribution in [0.4, 0.5) is 11.5 Å². The van der Waals surface area contributed by atoms with E-state index in [0.29, 0.717) is 17.8 Å². The Bertz CT molecular complexity index is 1140. The van der Waals surface area contributed by atoms with E-state index >= 15 is 0 Å². The van der Waals surface area contributed by atoms with Gasteiger partial charge in [0.25, 0.3) is 17.2 Å². The van der Waals surface area contributed by atoms with Crippen molar-refractivity contribution in [1.29, 1.82) is 0 Å². The van der Waals surface area contributed by atoms with Crippen molar-refractivity contribution in [2.75, 3.05) is 5.32 Å². The van der Waals surface area contributed by atoms with Crippen molar-refractivity contribution in [3.05, 3.63) is 72.8 Å². The van der Waals surface area contributed by atoms with Gasteiger partial charge in [0.1, 0.15) is 10.8 Å². The number of aryl methyl sites for hydroxylation is 2. The fourth-order valence-corrected chi connectivity index (χ4v) is 2.69. The van der Waals surface area contributed by atoms with Crippen molar-refractivity contribution in [2.24, 2.45) is 0 Å². The second-order valence-corrected chi connectivity index (χ2v) is 6.28. The molecule has 3 rings (SSSR count). The molecule has 0 aliphatic rings. The maximum absolute atomic E-state index is 12.6. The largest absolute Gasteiger partial charge is 0.306 e. The molecule has 1 amide bonds. The Balaban J connectivity index is 1.97. The minimum absolute atomic E-state index is 0.0465. The third-order valence-corrected chi connectivity index (χ3v) is 4.14. The SMILES string of the molecule is CCc1cc(=O)[nH]c(-n2nc(C)cc2NC(=O)c2ccc(Cl)c([N+](=O)[O-])c2)n1. The summed E-state index contributed by atoms with van der Waals surface area (Å²) in [6.45, 7) is 3.57. The van der Waals surface area contributed by atoms with E-state index in [2.05, 4.69) is 20.4 Å². The fourth-order valence-electron chi connectivity index (χ4n) is 2.51. The van der Waals surface area contributed by atoms with E-state index in [1.54, 1.807) is 13.0 Å². The predicted molar refractivity (Wildman–Crippen MR) is 102 cm³/mol. The van der Waals surface area contributed by atoms with Gasteiger partial charge < -0.3 is 5.32 Å². The highest BCUT2D eigenvalue weighted by atomic mass is 35.5. The number of anilines is 1. The van der Waals surface area contributed by atoms with Crippen LogP contribution in [-0.2, 0) is 6.42 Å². The van der Waals surface area contributed by atoms with Crippen molar-refractivity contribution >= 4 is 29.0 Å². The zero-order valence-corrected chi connectivity index (χ0v) is 15.6. The number of nitro benzene ring substituents is 1. The van der Waals surface area contributed by atoms with E-state index < -0.39 is 10.8 Å². The topological polar surface area (TPSA) is 136 Å². The monoisotopic (exact) mass is 402 g/mol. The lowest BCUT2D eigenvalue weighted by Gasteiger charge is -2.09. The van der Waals surface area contributed by atoms with Crippen molar-refractivity contribution in [3.8, 4) is 5.95 Å². The molecule has 3 aromatic rings. The van der Waals surface area contributed by atoms with Crippen molar-refractivity contribution in [1.82, 2.24) is 19.7 Å². The van der Waals surface area contributed by atoms with Crippen LogP contribution in [0.2, 0.25) is 5.02 Å². The van der Waals surface area contributed by atoms with Crippen molar-refractivity contribution in [2.45, 2.75) is 20.3 Å². The molecule has 2 N–H and O–H groups in total. The van der Waals surface area contributed by atoms with E-state index in [1.807, 2.05) is 6.92 Å². The van der Waals surface area contributed by atoms with Crippen LogP contribution in [0.1, 0.15) is 28.7 Å². The second kappa shape index (κ2) is 7.61. The highest BCUT2D eigenvalue weighted by molar-refractivity contribution is 6.32. The quantitative estimate of drug-likeness (QED) is 0.497. The first kappa shape index (κ1) is 19.2. The number of aromatic amines is 1. The van der Waals surface area contributed by atoms with Crippen molar-refractivity contribution < 1.29 is 9.72 Å². The van der Waals surface area contributed by atoms with Crippen LogP contribution in [0.25, 0.3) is 5.95 Å². The minimum atomic E-state index is -0.668. The molecule has 2 heterocycles.